The van der Waals surface area contributed by atoms with Crippen LogP contribution < -0.4 is 10.2 Å². The maximum atomic E-state index is 14.7. The zero-order chi connectivity index (χ0) is 22.5. The molecule has 2 fully saturated rings. The molecule has 1 aromatic heterocycles. The number of morpholine rings is 1. The van der Waals surface area contributed by atoms with Crippen LogP contribution in [0.4, 0.5) is 15.1 Å². The van der Waals surface area contributed by atoms with E-state index in [-0.39, 0.29) is 30.5 Å². The summed E-state index contributed by atoms with van der Waals surface area (Å²) < 4.78 is 31.7. The Balaban J connectivity index is 1.69. The van der Waals surface area contributed by atoms with Crippen molar-refractivity contribution in [1.82, 2.24) is 15.4 Å². The van der Waals surface area contributed by atoms with Crippen molar-refractivity contribution < 1.29 is 23.2 Å². The molecule has 8 nitrogen and oxygen atoms in total. The van der Waals surface area contributed by atoms with Gasteiger partial charge in [-0.3, -0.25) is 0 Å². The predicted molar refractivity (Wildman–Crippen MR) is 118 cm³/mol. The molecule has 1 aromatic carbocycles. The number of amides is 2. The van der Waals surface area contributed by atoms with Crippen molar-refractivity contribution in [3.8, 4) is 11.3 Å². The predicted octanol–water partition coefficient (Wildman–Crippen LogP) is 3.42. The van der Waals surface area contributed by atoms with E-state index in [1.54, 1.807) is 23.1 Å². The van der Waals surface area contributed by atoms with Gasteiger partial charge in [0.1, 0.15) is 11.5 Å². The minimum absolute atomic E-state index is 0.0123. The van der Waals surface area contributed by atoms with Gasteiger partial charge in [0.25, 0.3) is 0 Å². The highest BCUT2D eigenvalue weighted by atomic mass is 19.1. The van der Waals surface area contributed by atoms with E-state index in [2.05, 4.69) is 10.5 Å². The molecule has 3 heterocycles. The topological polar surface area (TPSA) is 80.1 Å². The van der Waals surface area contributed by atoms with E-state index in [9.17, 15) is 9.18 Å². The molecule has 174 valence electrons. The van der Waals surface area contributed by atoms with Crippen LogP contribution in [0.2, 0.25) is 0 Å². The number of halogens is 1. The summed E-state index contributed by atoms with van der Waals surface area (Å²) in [4.78, 5) is 16.8. The van der Waals surface area contributed by atoms with Crippen molar-refractivity contribution in [2.45, 2.75) is 45.4 Å². The Labute approximate surface area is 187 Å². The van der Waals surface area contributed by atoms with E-state index in [1.165, 1.54) is 6.07 Å². The van der Waals surface area contributed by atoms with Gasteiger partial charge in [-0.15, -0.1) is 0 Å². The number of benzene rings is 1. The number of rotatable bonds is 7. The number of hydrogen-bond acceptors (Lipinski definition) is 6. The average Bonchev–Trinajstić information content (AvgIpc) is 3.44. The quantitative estimate of drug-likeness (QED) is 0.702. The molecule has 2 aromatic rings. The maximum absolute atomic E-state index is 14.7. The van der Waals surface area contributed by atoms with Crippen molar-refractivity contribution in [3.63, 3.8) is 0 Å². The Morgan fingerprint density at radius 2 is 2.06 bits per heavy atom. The molecule has 0 aliphatic carbocycles. The number of nitrogens with one attached hydrogen (secondary N) is 1. The smallest absolute Gasteiger partial charge is 0.317 e. The van der Waals surface area contributed by atoms with Gasteiger partial charge in [-0.2, -0.15) is 0 Å². The van der Waals surface area contributed by atoms with Gasteiger partial charge >= 0.3 is 6.03 Å². The summed E-state index contributed by atoms with van der Waals surface area (Å²) in [5.41, 5.74) is 1.46. The first-order valence-corrected chi connectivity index (χ1v) is 11.3. The van der Waals surface area contributed by atoms with Crippen molar-refractivity contribution >= 4 is 11.9 Å². The summed E-state index contributed by atoms with van der Waals surface area (Å²) in [7, 11) is 0. The summed E-state index contributed by atoms with van der Waals surface area (Å²) in [5.74, 6) is 0.175. The second kappa shape index (κ2) is 10.3. The van der Waals surface area contributed by atoms with Gasteiger partial charge in [-0.1, -0.05) is 17.3 Å². The minimum atomic E-state index is -0.382. The van der Waals surface area contributed by atoms with Crippen LogP contribution in [0.3, 0.4) is 0 Å². The molecule has 2 amide bonds. The number of anilines is 1. The highest BCUT2D eigenvalue weighted by molar-refractivity contribution is 5.76. The lowest BCUT2D eigenvalue weighted by Crippen LogP contribution is -2.46. The zero-order valence-corrected chi connectivity index (χ0v) is 18.7. The van der Waals surface area contributed by atoms with E-state index in [1.807, 2.05) is 18.7 Å². The Bertz CT molecular complexity index is 907. The molecule has 1 unspecified atom stereocenters. The highest BCUT2D eigenvalue weighted by Gasteiger charge is 2.30. The van der Waals surface area contributed by atoms with E-state index in [0.29, 0.717) is 62.2 Å². The van der Waals surface area contributed by atoms with Gasteiger partial charge in [-0.25, -0.2) is 9.18 Å². The summed E-state index contributed by atoms with van der Waals surface area (Å²) >= 11 is 0. The Morgan fingerprint density at radius 1 is 1.28 bits per heavy atom. The van der Waals surface area contributed by atoms with Crippen molar-refractivity contribution in [1.29, 1.82) is 0 Å². The molecule has 9 heteroatoms. The number of aromatic nitrogens is 1. The Hall–Kier alpha value is -2.65. The number of nitrogens with zero attached hydrogens (tertiary/aromatic N) is 3. The molecule has 0 spiro atoms. The van der Waals surface area contributed by atoms with E-state index < -0.39 is 0 Å². The third-order valence-corrected chi connectivity index (χ3v) is 5.69. The van der Waals surface area contributed by atoms with Crippen LogP contribution in [0.15, 0.2) is 28.8 Å². The number of urea groups is 1. The molecular weight excluding hydrogens is 415 g/mol. The van der Waals surface area contributed by atoms with Crippen LogP contribution in [-0.2, 0) is 16.0 Å². The number of hydrogen-bond donors (Lipinski definition) is 1. The fourth-order valence-electron chi connectivity index (χ4n) is 4.11. The molecule has 2 aliphatic heterocycles. The minimum Gasteiger partial charge on any atom is -0.378 e. The molecule has 2 saturated heterocycles. The lowest BCUT2D eigenvalue weighted by atomic mass is 10.1. The van der Waals surface area contributed by atoms with Crippen LogP contribution in [0.25, 0.3) is 11.3 Å². The number of ether oxygens (including phenoxy) is 2. The molecule has 2 aliphatic rings. The van der Waals surface area contributed by atoms with E-state index >= 15 is 0 Å². The normalized spacial score (nSPS) is 18.9. The van der Waals surface area contributed by atoms with Crippen LogP contribution in [0.1, 0.15) is 32.3 Å². The fourth-order valence-corrected chi connectivity index (χ4v) is 4.11. The summed E-state index contributed by atoms with van der Waals surface area (Å²) in [6.45, 7) is 7.66. The van der Waals surface area contributed by atoms with Gasteiger partial charge in [-0.05, 0) is 38.8 Å². The first-order valence-electron chi connectivity index (χ1n) is 11.3. The van der Waals surface area contributed by atoms with Gasteiger partial charge in [0.2, 0.25) is 5.88 Å². The molecule has 32 heavy (non-hydrogen) atoms. The van der Waals surface area contributed by atoms with Gasteiger partial charge in [0.15, 0.2) is 0 Å². The number of carbonyl (C=O) groups is 1. The Morgan fingerprint density at radius 3 is 2.75 bits per heavy atom. The van der Waals surface area contributed by atoms with Crippen LogP contribution in [0.5, 0.6) is 0 Å². The monoisotopic (exact) mass is 446 g/mol. The average molecular weight is 447 g/mol. The van der Waals surface area contributed by atoms with Crippen LogP contribution >= 0.6 is 0 Å². The molecular formula is C23H31FN4O4. The van der Waals surface area contributed by atoms with Gasteiger partial charge in [0.05, 0.1) is 31.4 Å². The molecule has 0 bridgehead atoms. The zero-order valence-electron chi connectivity index (χ0n) is 18.7. The molecule has 0 saturated carbocycles. The van der Waals surface area contributed by atoms with Gasteiger partial charge < -0.3 is 29.1 Å². The fraction of sp³-hybridized carbons (Fsp3) is 0.565. The standard InChI is InChI=1S/C23H31FN4O4/c1-16(2)25-23(29)28(14-17-6-5-11-31-17)15-19-21(18-7-3-4-8-20(18)24)26-32-22(19)27-9-12-30-13-10-27/h3-4,7-8,16-17H,5-6,9-15H2,1-2H3,(H,25,29). The summed E-state index contributed by atoms with van der Waals surface area (Å²) in [6, 6.07) is 6.28. The Kier molecular flexibility index (Phi) is 7.26. The van der Waals surface area contributed by atoms with E-state index in [4.69, 9.17) is 14.0 Å². The first kappa shape index (κ1) is 22.5. The molecule has 0 radical (unpaired) electrons. The van der Waals surface area contributed by atoms with Crippen molar-refractivity contribution in [2.75, 3.05) is 44.4 Å². The molecule has 1 N–H and O–H groups in total. The second-order valence-electron chi connectivity index (χ2n) is 8.51. The largest absolute Gasteiger partial charge is 0.378 e. The maximum Gasteiger partial charge on any atom is 0.317 e. The third-order valence-electron chi connectivity index (χ3n) is 5.69. The summed E-state index contributed by atoms with van der Waals surface area (Å²) in [6.07, 6.45) is 1.87. The van der Waals surface area contributed by atoms with Crippen LogP contribution in [-0.4, -0.2) is 67.7 Å². The lowest BCUT2D eigenvalue weighted by molar-refractivity contribution is 0.0790. The molecule has 1 atom stereocenters. The first-order chi connectivity index (χ1) is 15.5. The second-order valence-corrected chi connectivity index (χ2v) is 8.51. The van der Waals surface area contributed by atoms with Crippen molar-refractivity contribution in [2.24, 2.45) is 0 Å². The van der Waals surface area contributed by atoms with E-state index in [0.717, 1.165) is 12.8 Å². The van der Waals surface area contributed by atoms with Crippen LogP contribution in [0, 0.1) is 5.82 Å². The van der Waals surface area contributed by atoms with Crippen molar-refractivity contribution in [3.05, 3.63) is 35.6 Å². The summed E-state index contributed by atoms with van der Waals surface area (Å²) in [5, 5.41) is 7.21. The lowest BCUT2D eigenvalue weighted by Gasteiger charge is -2.29. The van der Waals surface area contributed by atoms with Gasteiger partial charge in [0, 0.05) is 37.8 Å². The third kappa shape index (κ3) is 5.21. The highest BCUT2D eigenvalue weighted by Crippen LogP contribution is 2.34. The number of carbonyl (C=O) groups excluding carboxylic acids is 1. The SMILES string of the molecule is CC(C)NC(=O)N(Cc1c(-c2ccccc2F)noc1N1CCOCC1)CC1CCCO1. The molecule has 4 rings (SSSR count).